The van der Waals surface area contributed by atoms with Crippen LogP contribution in [0.1, 0.15) is 16.4 Å². The number of rotatable bonds is 6. The molecular weight excluding hydrogens is 396 g/mol. The van der Waals surface area contributed by atoms with Gasteiger partial charge in [-0.1, -0.05) is 35.9 Å². The lowest BCUT2D eigenvalue weighted by Gasteiger charge is -2.11. The van der Waals surface area contributed by atoms with Crippen molar-refractivity contribution in [1.82, 2.24) is 25.6 Å². The number of carbonyl (C=O) groups is 2. The molecule has 0 aliphatic carbocycles. The molecule has 0 aliphatic rings. The molecule has 3 rings (SSSR count). The van der Waals surface area contributed by atoms with Crippen molar-refractivity contribution in [1.29, 1.82) is 0 Å². The Morgan fingerprint density at radius 1 is 1.10 bits per heavy atom. The number of amides is 2. The van der Waals surface area contributed by atoms with Crippen molar-refractivity contribution in [2.75, 3.05) is 19.0 Å². The van der Waals surface area contributed by atoms with Crippen molar-refractivity contribution in [3.05, 3.63) is 65.2 Å². The SMILES string of the molecule is COc1ccccc1NCC(=O)NNC(=O)c1nc(C)n(-c2ccccc2Cl)n1. The van der Waals surface area contributed by atoms with E-state index in [0.29, 0.717) is 28.0 Å². The van der Waals surface area contributed by atoms with Crippen LogP contribution in [0.4, 0.5) is 5.69 Å². The van der Waals surface area contributed by atoms with E-state index in [9.17, 15) is 9.59 Å². The molecule has 10 heteroatoms. The van der Waals surface area contributed by atoms with Crippen molar-refractivity contribution >= 4 is 29.1 Å². The summed E-state index contributed by atoms with van der Waals surface area (Å²) >= 11 is 6.17. The van der Waals surface area contributed by atoms with Gasteiger partial charge in [-0.25, -0.2) is 9.67 Å². The topological polar surface area (TPSA) is 110 Å². The molecule has 29 heavy (non-hydrogen) atoms. The number of halogens is 1. The lowest BCUT2D eigenvalue weighted by molar-refractivity contribution is -0.120. The normalized spacial score (nSPS) is 10.3. The molecule has 0 unspecified atom stereocenters. The molecule has 0 spiro atoms. The number of hydrogen-bond donors (Lipinski definition) is 3. The summed E-state index contributed by atoms with van der Waals surface area (Å²) in [6, 6.07) is 14.3. The summed E-state index contributed by atoms with van der Waals surface area (Å²) in [6.45, 7) is 1.63. The first-order valence-corrected chi connectivity index (χ1v) is 9.02. The number of nitrogens with zero attached hydrogens (tertiary/aromatic N) is 3. The summed E-state index contributed by atoms with van der Waals surface area (Å²) in [7, 11) is 1.54. The summed E-state index contributed by atoms with van der Waals surface area (Å²) in [6.07, 6.45) is 0. The van der Waals surface area contributed by atoms with Gasteiger partial charge in [0.05, 0.1) is 30.1 Å². The monoisotopic (exact) mass is 414 g/mol. The Kier molecular flexibility index (Phi) is 6.30. The first-order chi connectivity index (χ1) is 14.0. The number of hydrazine groups is 1. The number of nitrogens with one attached hydrogen (secondary N) is 3. The Bertz CT molecular complexity index is 1040. The van der Waals surface area contributed by atoms with E-state index in [1.165, 1.54) is 11.8 Å². The predicted octanol–water partition coefficient (Wildman–Crippen LogP) is 2.11. The molecule has 0 saturated heterocycles. The van der Waals surface area contributed by atoms with Gasteiger partial charge in [-0.2, -0.15) is 0 Å². The minimum Gasteiger partial charge on any atom is -0.495 e. The first-order valence-electron chi connectivity index (χ1n) is 8.64. The van der Waals surface area contributed by atoms with Crippen LogP contribution in [0.15, 0.2) is 48.5 Å². The van der Waals surface area contributed by atoms with Crippen LogP contribution in [0.2, 0.25) is 5.02 Å². The van der Waals surface area contributed by atoms with Gasteiger partial charge in [0.15, 0.2) is 0 Å². The maximum absolute atomic E-state index is 12.3. The van der Waals surface area contributed by atoms with Crippen molar-refractivity contribution in [2.24, 2.45) is 0 Å². The Morgan fingerprint density at radius 3 is 2.59 bits per heavy atom. The van der Waals surface area contributed by atoms with Gasteiger partial charge >= 0.3 is 5.91 Å². The second kappa shape index (κ2) is 9.07. The maximum atomic E-state index is 12.3. The highest BCUT2D eigenvalue weighted by atomic mass is 35.5. The molecule has 2 amide bonds. The molecule has 0 radical (unpaired) electrons. The number of aryl methyl sites for hydroxylation is 1. The lowest BCUT2D eigenvalue weighted by atomic mass is 10.3. The number of benzene rings is 2. The Balaban J connectivity index is 1.58. The largest absolute Gasteiger partial charge is 0.495 e. The minimum absolute atomic E-state index is 0.0683. The third-order valence-electron chi connectivity index (χ3n) is 3.91. The molecule has 150 valence electrons. The zero-order valence-corrected chi connectivity index (χ0v) is 16.5. The predicted molar refractivity (Wildman–Crippen MR) is 108 cm³/mol. The first kappa shape index (κ1) is 20.2. The molecule has 0 saturated carbocycles. The van der Waals surface area contributed by atoms with Gasteiger partial charge in [0, 0.05) is 0 Å². The van der Waals surface area contributed by atoms with E-state index in [2.05, 4.69) is 26.3 Å². The van der Waals surface area contributed by atoms with Gasteiger partial charge in [-0.15, -0.1) is 5.10 Å². The molecule has 0 atom stereocenters. The standard InChI is InChI=1S/C19H19ClN6O3/c1-12-22-18(25-26(12)15-9-5-3-7-13(15)20)19(28)24-23-17(27)11-21-14-8-4-6-10-16(14)29-2/h3-10,21H,11H2,1-2H3,(H,23,27)(H,24,28). The van der Waals surface area contributed by atoms with Crippen LogP contribution in [0.25, 0.3) is 5.69 Å². The molecule has 1 heterocycles. The smallest absolute Gasteiger partial charge is 0.309 e. The molecule has 0 aliphatic heterocycles. The minimum atomic E-state index is -0.649. The molecule has 3 aromatic rings. The van der Waals surface area contributed by atoms with Gasteiger partial charge in [-0.3, -0.25) is 20.4 Å². The number of carbonyl (C=O) groups excluding carboxylic acids is 2. The van der Waals surface area contributed by atoms with Gasteiger partial charge in [0.25, 0.3) is 5.91 Å². The van der Waals surface area contributed by atoms with E-state index in [0.717, 1.165) is 0 Å². The van der Waals surface area contributed by atoms with Gasteiger partial charge in [-0.05, 0) is 31.2 Å². The highest BCUT2D eigenvalue weighted by Gasteiger charge is 2.17. The summed E-state index contributed by atoms with van der Waals surface area (Å²) < 4.78 is 6.66. The second-order valence-corrected chi connectivity index (χ2v) is 6.31. The Morgan fingerprint density at radius 2 is 1.83 bits per heavy atom. The van der Waals surface area contributed by atoms with Crippen LogP contribution in [-0.2, 0) is 4.79 Å². The fourth-order valence-electron chi connectivity index (χ4n) is 2.53. The molecule has 1 aromatic heterocycles. The van der Waals surface area contributed by atoms with E-state index in [-0.39, 0.29) is 12.4 Å². The fourth-order valence-corrected chi connectivity index (χ4v) is 2.75. The van der Waals surface area contributed by atoms with Crippen LogP contribution < -0.4 is 20.9 Å². The van der Waals surface area contributed by atoms with Crippen molar-refractivity contribution in [3.8, 4) is 11.4 Å². The number of ether oxygens (including phenoxy) is 1. The average Bonchev–Trinajstić information content (AvgIpc) is 3.12. The zero-order chi connectivity index (χ0) is 20.8. The quantitative estimate of drug-likeness (QED) is 0.533. The number of aromatic nitrogens is 3. The van der Waals surface area contributed by atoms with E-state index >= 15 is 0 Å². The molecule has 3 N–H and O–H groups in total. The highest BCUT2D eigenvalue weighted by Crippen LogP contribution is 2.22. The molecule has 0 bridgehead atoms. The Hall–Kier alpha value is -3.59. The second-order valence-electron chi connectivity index (χ2n) is 5.90. The van der Waals surface area contributed by atoms with Crippen LogP contribution in [0.5, 0.6) is 5.75 Å². The van der Waals surface area contributed by atoms with E-state index < -0.39 is 11.8 Å². The van der Waals surface area contributed by atoms with Gasteiger partial charge in [0.1, 0.15) is 11.6 Å². The van der Waals surface area contributed by atoms with Crippen molar-refractivity contribution in [3.63, 3.8) is 0 Å². The van der Waals surface area contributed by atoms with Crippen molar-refractivity contribution < 1.29 is 14.3 Å². The van der Waals surface area contributed by atoms with Crippen LogP contribution in [0, 0.1) is 6.92 Å². The third-order valence-corrected chi connectivity index (χ3v) is 4.23. The average molecular weight is 415 g/mol. The van der Waals surface area contributed by atoms with Crippen LogP contribution >= 0.6 is 11.6 Å². The number of hydrogen-bond acceptors (Lipinski definition) is 6. The third kappa shape index (κ3) is 4.82. The summed E-state index contributed by atoms with van der Waals surface area (Å²) in [4.78, 5) is 28.4. The fraction of sp³-hybridized carbons (Fsp3) is 0.158. The van der Waals surface area contributed by atoms with Crippen LogP contribution in [-0.4, -0.2) is 40.2 Å². The van der Waals surface area contributed by atoms with Crippen LogP contribution in [0.3, 0.4) is 0 Å². The van der Waals surface area contributed by atoms with Gasteiger partial charge < -0.3 is 10.1 Å². The van der Waals surface area contributed by atoms with E-state index in [1.54, 1.807) is 43.3 Å². The number of methoxy groups -OCH3 is 1. The maximum Gasteiger partial charge on any atom is 0.309 e. The number of anilines is 1. The molecular formula is C19H19ClN6O3. The summed E-state index contributed by atoms with van der Waals surface area (Å²) in [5.41, 5.74) is 5.86. The van der Waals surface area contributed by atoms with E-state index in [1.807, 2.05) is 12.1 Å². The molecule has 0 fully saturated rings. The Labute approximate surface area is 172 Å². The lowest BCUT2D eigenvalue weighted by Crippen LogP contribution is -2.44. The number of para-hydroxylation sites is 3. The molecule has 9 nitrogen and oxygen atoms in total. The summed E-state index contributed by atoms with van der Waals surface area (Å²) in [5.74, 6) is -0.113. The molecule has 2 aromatic carbocycles. The van der Waals surface area contributed by atoms with E-state index in [4.69, 9.17) is 16.3 Å². The zero-order valence-electron chi connectivity index (χ0n) is 15.8. The van der Waals surface area contributed by atoms with Gasteiger partial charge in [0.2, 0.25) is 5.82 Å². The summed E-state index contributed by atoms with van der Waals surface area (Å²) in [5, 5.41) is 7.57. The van der Waals surface area contributed by atoms with Crippen molar-refractivity contribution in [2.45, 2.75) is 6.92 Å². The highest BCUT2D eigenvalue weighted by molar-refractivity contribution is 6.32.